The first-order valence-corrected chi connectivity index (χ1v) is 6.30. The third-order valence-electron chi connectivity index (χ3n) is 2.91. The Morgan fingerprint density at radius 3 is 2.25 bits per heavy atom. The summed E-state index contributed by atoms with van der Waals surface area (Å²) in [5, 5.41) is 7.06. The first kappa shape index (κ1) is 12.2. The summed E-state index contributed by atoms with van der Waals surface area (Å²) in [6.07, 6.45) is 1.62. The second-order valence-electron chi connectivity index (χ2n) is 4.28. The Morgan fingerprint density at radius 1 is 0.900 bits per heavy atom. The molecule has 0 atom stereocenters. The molecule has 3 rings (SSSR count). The predicted molar refractivity (Wildman–Crippen MR) is 78.0 cm³/mol. The van der Waals surface area contributed by atoms with Crippen molar-refractivity contribution in [3.8, 4) is 5.69 Å². The monoisotopic (exact) mass is 263 g/mol. The van der Waals surface area contributed by atoms with Gasteiger partial charge in [0.15, 0.2) is 0 Å². The van der Waals surface area contributed by atoms with Gasteiger partial charge in [-0.2, -0.15) is 5.10 Å². The predicted octanol–water partition coefficient (Wildman–Crippen LogP) is 3.12. The van der Waals surface area contributed by atoms with Crippen molar-refractivity contribution in [2.75, 3.05) is 5.32 Å². The third kappa shape index (κ3) is 2.44. The van der Waals surface area contributed by atoms with E-state index < -0.39 is 0 Å². The van der Waals surface area contributed by atoms with Crippen LogP contribution >= 0.6 is 0 Å². The van der Waals surface area contributed by atoms with Crippen LogP contribution in [0.1, 0.15) is 10.5 Å². The van der Waals surface area contributed by atoms with Gasteiger partial charge in [0.05, 0.1) is 11.9 Å². The Bertz CT molecular complexity index is 705. The summed E-state index contributed by atoms with van der Waals surface area (Å²) in [5.41, 5.74) is 2.12. The normalized spacial score (nSPS) is 10.2. The number of aromatic nitrogens is 2. The van der Waals surface area contributed by atoms with E-state index in [2.05, 4.69) is 10.4 Å². The Labute approximate surface area is 116 Å². The number of amides is 1. The summed E-state index contributed by atoms with van der Waals surface area (Å²) in [5.74, 6) is -0.183. The van der Waals surface area contributed by atoms with Gasteiger partial charge in [0.25, 0.3) is 5.91 Å². The van der Waals surface area contributed by atoms with Crippen LogP contribution in [0.25, 0.3) is 5.69 Å². The van der Waals surface area contributed by atoms with E-state index in [-0.39, 0.29) is 5.91 Å². The zero-order chi connectivity index (χ0) is 13.8. The van der Waals surface area contributed by atoms with Gasteiger partial charge in [-0.25, -0.2) is 4.68 Å². The molecule has 20 heavy (non-hydrogen) atoms. The van der Waals surface area contributed by atoms with Gasteiger partial charge in [-0.1, -0.05) is 36.4 Å². The number of para-hydroxylation sites is 2. The fourth-order valence-electron chi connectivity index (χ4n) is 1.97. The summed E-state index contributed by atoms with van der Waals surface area (Å²) in [6, 6.07) is 20.6. The minimum Gasteiger partial charge on any atom is -0.321 e. The number of nitrogens with zero attached hydrogens (tertiary/aromatic N) is 2. The highest BCUT2D eigenvalue weighted by Crippen LogP contribution is 2.12. The summed E-state index contributed by atoms with van der Waals surface area (Å²) >= 11 is 0. The molecule has 4 nitrogen and oxygen atoms in total. The molecule has 0 saturated heterocycles. The van der Waals surface area contributed by atoms with E-state index in [1.54, 1.807) is 16.9 Å². The van der Waals surface area contributed by atoms with Crippen molar-refractivity contribution in [1.82, 2.24) is 9.78 Å². The van der Waals surface area contributed by atoms with Crippen LogP contribution in [0.15, 0.2) is 72.9 Å². The summed E-state index contributed by atoms with van der Waals surface area (Å²) < 4.78 is 1.62. The maximum absolute atomic E-state index is 12.3. The first-order chi connectivity index (χ1) is 9.84. The van der Waals surface area contributed by atoms with Crippen molar-refractivity contribution in [1.29, 1.82) is 0 Å². The fraction of sp³-hybridized carbons (Fsp3) is 0. The lowest BCUT2D eigenvalue weighted by molar-refractivity contribution is 0.101. The van der Waals surface area contributed by atoms with Crippen molar-refractivity contribution >= 4 is 11.6 Å². The van der Waals surface area contributed by atoms with Crippen molar-refractivity contribution < 1.29 is 4.79 Å². The largest absolute Gasteiger partial charge is 0.321 e. The van der Waals surface area contributed by atoms with E-state index in [9.17, 15) is 4.79 Å². The highest BCUT2D eigenvalue weighted by atomic mass is 16.2. The van der Waals surface area contributed by atoms with Crippen LogP contribution in [0.4, 0.5) is 5.69 Å². The SMILES string of the molecule is O=C(Nc1ccccc1)c1ccnn1-c1ccccc1. The molecule has 1 amide bonds. The molecule has 2 aromatic carbocycles. The first-order valence-electron chi connectivity index (χ1n) is 6.30. The number of carbonyl (C=O) groups excluding carboxylic acids is 1. The molecule has 0 saturated carbocycles. The Balaban J connectivity index is 1.88. The van der Waals surface area contributed by atoms with Crippen molar-refractivity contribution in [2.45, 2.75) is 0 Å². The lowest BCUT2D eigenvalue weighted by atomic mass is 10.3. The summed E-state index contributed by atoms with van der Waals surface area (Å²) in [4.78, 5) is 12.3. The zero-order valence-electron chi connectivity index (χ0n) is 10.7. The lowest BCUT2D eigenvalue weighted by Gasteiger charge is -2.08. The molecule has 3 aromatic rings. The van der Waals surface area contributed by atoms with Crippen LogP contribution in [0, 0.1) is 0 Å². The second kappa shape index (κ2) is 5.40. The van der Waals surface area contributed by atoms with Crippen LogP contribution in [0.3, 0.4) is 0 Å². The number of hydrogen-bond donors (Lipinski definition) is 1. The quantitative estimate of drug-likeness (QED) is 0.789. The Kier molecular flexibility index (Phi) is 3.29. The van der Waals surface area contributed by atoms with Crippen LogP contribution in [0.2, 0.25) is 0 Å². The average molecular weight is 263 g/mol. The zero-order valence-corrected chi connectivity index (χ0v) is 10.7. The van der Waals surface area contributed by atoms with Crippen LogP contribution in [-0.4, -0.2) is 15.7 Å². The number of carbonyl (C=O) groups is 1. The molecule has 0 aliphatic rings. The maximum atomic E-state index is 12.3. The van der Waals surface area contributed by atoms with E-state index >= 15 is 0 Å². The number of benzene rings is 2. The molecule has 0 aliphatic carbocycles. The molecule has 1 heterocycles. The van der Waals surface area contributed by atoms with E-state index in [0.717, 1.165) is 11.4 Å². The number of rotatable bonds is 3. The van der Waals surface area contributed by atoms with Crippen LogP contribution in [-0.2, 0) is 0 Å². The Hall–Kier alpha value is -2.88. The van der Waals surface area contributed by atoms with Crippen LogP contribution in [0.5, 0.6) is 0 Å². The molecule has 0 spiro atoms. The van der Waals surface area contributed by atoms with E-state index in [0.29, 0.717) is 5.69 Å². The van der Waals surface area contributed by atoms with Gasteiger partial charge >= 0.3 is 0 Å². The molecular weight excluding hydrogens is 250 g/mol. The van der Waals surface area contributed by atoms with Crippen LogP contribution < -0.4 is 5.32 Å². The lowest BCUT2D eigenvalue weighted by Crippen LogP contribution is -2.16. The van der Waals surface area contributed by atoms with Gasteiger partial charge in [-0.05, 0) is 30.3 Å². The van der Waals surface area contributed by atoms with Crippen molar-refractivity contribution in [3.05, 3.63) is 78.6 Å². The van der Waals surface area contributed by atoms with Gasteiger partial charge in [0.1, 0.15) is 5.69 Å². The van der Waals surface area contributed by atoms with Gasteiger partial charge in [0, 0.05) is 5.69 Å². The molecule has 0 fully saturated rings. The minimum atomic E-state index is -0.183. The molecular formula is C16H13N3O. The molecule has 1 aromatic heterocycles. The highest BCUT2D eigenvalue weighted by molar-refractivity contribution is 6.03. The van der Waals surface area contributed by atoms with E-state index in [1.807, 2.05) is 60.7 Å². The van der Waals surface area contributed by atoms with Gasteiger partial charge < -0.3 is 5.32 Å². The van der Waals surface area contributed by atoms with Gasteiger partial charge in [0.2, 0.25) is 0 Å². The number of anilines is 1. The second-order valence-corrected chi connectivity index (χ2v) is 4.28. The Morgan fingerprint density at radius 2 is 1.55 bits per heavy atom. The topological polar surface area (TPSA) is 46.9 Å². The standard InChI is InChI=1S/C16H13N3O/c20-16(18-13-7-3-1-4-8-13)15-11-12-17-19(15)14-9-5-2-6-10-14/h1-12H,(H,18,20). The van der Waals surface area contributed by atoms with E-state index in [4.69, 9.17) is 0 Å². The third-order valence-corrected chi connectivity index (χ3v) is 2.91. The van der Waals surface area contributed by atoms with Crippen molar-refractivity contribution in [2.24, 2.45) is 0 Å². The summed E-state index contributed by atoms with van der Waals surface area (Å²) in [7, 11) is 0. The fourth-order valence-corrected chi connectivity index (χ4v) is 1.97. The molecule has 0 unspecified atom stereocenters. The average Bonchev–Trinajstić information content (AvgIpc) is 2.99. The van der Waals surface area contributed by atoms with E-state index in [1.165, 1.54) is 0 Å². The molecule has 0 radical (unpaired) electrons. The molecule has 98 valence electrons. The summed E-state index contributed by atoms with van der Waals surface area (Å²) in [6.45, 7) is 0. The van der Waals surface area contributed by atoms with Gasteiger partial charge in [-0.3, -0.25) is 4.79 Å². The molecule has 0 aliphatic heterocycles. The molecule has 4 heteroatoms. The number of nitrogens with one attached hydrogen (secondary N) is 1. The number of hydrogen-bond acceptors (Lipinski definition) is 2. The molecule has 0 bridgehead atoms. The van der Waals surface area contributed by atoms with Gasteiger partial charge in [-0.15, -0.1) is 0 Å². The minimum absolute atomic E-state index is 0.183. The molecule has 1 N–H and O–H groups in total. The van der Waals surface area contributed by atoms with Crippen molar-refractivity contribution in [3.63, 3.8) is 0 Å². The smallest absolute Gasteiger partial charge is 0.274 e. The maximum Gasteiger partial charge on any atom is 0.274 e. The highest BCUT2D eigenvalue weighted by Gasteiger charge is 2.13.